The first-order valence-corrected chi connectivity index (χ1v) is 3.51. The molecule has 3 rings (SSSR count). The zero-order valence-electron chi connectivity index (χ0n) is 5.35. The number of rotatable bonds is 0. The van der Waals surface area contributed by atoms with Gasteiger partial charge in [-0.25, -0.2) is 0 Å². The van der Waals surface area contributed by atoms with Crippen LogP contribution in [-0.4, -0.2) is 12.1 Å². The van der Waals surface area contributed by atoms with Gasteiger partial charge in [0.15, 0.2) is 0 Å². The summed E-state index contributed by atoms with van der Waals surface area (Å²) >= 11 is 0. The minimum atomic E-state index is -0.0804. The minimum Gasteiger partial charge on any atom is -0.299 e. The molecule has 1 N–H and O–H groups in total. The highest BCUT2D eigenvalue weighted by Crippen LogP contribution is 2.42. The number of fused-ring (bicyclic) bond motifs is 2. The minimum absolute atomic E-state index is 0.0804. The van der Waals surface area contributed by atoms with E-state index in [0.29, 0.717) is 0 Å². The summed E-state index contributed by atoms with van der Waals surface area (Å²) in [4.78, 5) is 0. The Balaban J connectivity index is 2.12. The van der Waals surface area contributed by atoms with E-state index in [1.807, 2.05) is 0 Å². The molecule has 0 atom stereocenters. The zero-order chi connectivity index (χ0) is 6.32. The van der Waals surface area contributed by atoms with Gasteiger partial charge in [0.05, 0.1) is 6.07 Å². The molecule has 3 fully saturated rings. The van der Waals surface area contributed by atoms with Gasteiger partial charge in [-0.2, -0.15) is 5.26 Å². The lowest BCUT2D eigenvalue weighted by Gasteiger charge is -2.48. The number of hydrogen-bond acceptors (Lipinski definition) is 2. The van der Waals surface area contributed by atoms with E-state index in [4.69, 9.17) is 5.26 Å². The van der Waals surface area contributed by atoms with Crippen molar-refractivity contribution in [2.45, 2.75) is 24.8 Å². The van der Waals surface area contributed by atoms with E-state index in [1.54, 1.807) is 0 Å². The van der Waals surface area contributed by atoms with E-state index in [0.717, 1.165) is 25.3 Å². The third-order valence-corrected chi connectivity index (χ3v) is 2.50. The highest BCUT2D eigenvalue weighted by atomic mass is 15.0. The third-order valence-electron chi connectivity index (χ3n) is 2.50. The molecule has 2 nitrogen and oxygen atoms in total. The summed E-state index contributed by atoms with van der Waals surface area (Å²) in [6, 6.07) is 2.34. The fourth-order valence-corrected chi connectivity index (χ4v) is 1.92. The lowest BCUT2D eigenvalue weighted by Crippen LogP contribution is -2.59. The van der Waals surface area contributed by atoms with Crippen molar-refractivity contribution in [2.24, 2.45) is 5.92 Å². The first-order chi connectivity index (χ1) is 4.35. The van der Waals surface area contributed by atoms with Crippen LogP contribution in [0.1, 0.15) is 19.3 Å². The highest BCUT2D eigenvalue weighted by Gasteiger charge is 2.47. The predicted octanol–water partition coefficient (Wildman–Crippen LogP) is 0.652. The molecule has 0 aromatic rings. The van der Waals surface area contributed by atoms with Crippen LogP contribution in [0.2, 0.25) is 0 Å². The molecule has 1 aliphatic carbocycles. The molecule has 0 amide bonds. The molecule has 0 aromatic carbocycles. The van der Waals surface area contributed by atoms with Crippen molar-refractivity contribution in [3.05, 3.63) is 0 Å². The summed E-state index contributed by atoms with van der Waals surface area (Å²) in [5, 5.41) is 11.9. The second kappa shape index (κ2) is 1.48. The zero-order valence-corrected chi connectivity index (χ0v) is 5.35. The van der Waals surface area contributed by atoms with Crippen molar-refractivity contribution in [3.63, 3.8) is 0 Å². The molecular weight excluding hydrogens is 112 g/mol. The fourth-order valence-electron chi connectivity index (χ4n) is 1.92. The number of nitrogens with one attached hydrogen (secondary N) is 1. The first kappa shape index (κ1) is 5.25. The molecule has 0 aromatic heterocycles. The lowest BCUT2D eigenvalue weighted by atomic mass is 9.65. The van der Waals surface area contributed by atoms with Crippen LogP contribution < -0.4 is 5.32 Å². The Labute approximate surface area is 54.9 Å². The van der Waals surface area contributed by atoms with Gasteiger partial charge < -0.3 is 0 Å². The van der Waals surface area contributed by atoms with Crippen LogP contribution in [-0.2, 0) is 0 Å². The van der Waals surface area contributed by atoms with Crippen molar-refractivity contribution < 1.29 is 0 Å². The summed E-state index contributed by atoms with van der Waals surface area (Å²) in [7, 11) is 0. The molecule has 2 bridgehead atoms. The normalized spacial score (nSPS) is 47.2. The lowest BCUT2D eigenvalue weighted by molar-refractivity contribution is 0.101. The number of piperidine rings is 2. The first-order valence-electron chi connectivity index (χ1n) is 3.51. The molecule has 9 heavy (non-hydrogen) atoms. The Morgan fingerprint density at radius 1 is 1.56 bits per heavy atom. The molecule has 1 saturated carbocycles. The van der Waals surface area contributed by atoms with E-state index < -0.39 is 0 Å². The van der Waals surface area contributed by atoms with Gasteiger partial charge in [0.2, 0.25) is 0 Å². The number of nitriles is 1. The SMILES string of the molecule is N#CC12CC(CCN1)C2. The van der Waals surface area contributed by atoms with Crippen LogP contribution in [0.5, 0.6) is 0 Å². The summed E-state index contributed by atoms with van der Waals surface area (Å²) in [5.41, 5.74) is -0.0804. The molecule has 0 spiro atoms. The van der Waals surface area contributed by atoms with Gasteiger partial charge in [-0.1, -0.05) is 0 Å². The maximum absolute atomic E-state index is 8.68. The second-order valence-corrected chi connectivity index (χ2v) is 3.18. The molecule has 2 saturated heterocycles. The van der Waals surface area contributed by atoms with Crippen molar-refractivity contribution in [1.82, 2.24) is 5.32 Å². The summed E-state index contributed by atoms with van der Waals surface area (Å²) < 4.78 is 0. The average molecular weight is 122 g/mol. The summed E-state index contributed by atoms with van der Waals surface area (Å²) in [6.45, 7) is 1.05. The van der Waals surface area contributed by atoms with E-state index in [1.165, 1.54) is 6.42 Å². The Hall–Kier alpha value is -0.550. The second-order valence-electron chi connectivity index (χ2n) is 3.18. The molecule has 2 aliphatic heterocycles. The van der Waals surface area contributed by atoms with Gasteiger partial charge in [0, 0.05) is 0 Å². The molecule has 0 unspecified atom stereocenters. The fraction of sp³-hybridized carbons (Fsp3) is 0.857. The molecule has 0 radical (unpaired) electrons. The van der Waals surface area contributed by atoms with Gasteiger partial charge in [-0.15, -0.1) is 0 Å². The number of nitrogens with zero attached hydrogens (tertiary/aromatic N) is 1. The number of hydrogen-bond donors (Lipinski definition) is 1. The van der Waals surface area contributed by atoms with Crippen LogP contribution in [0, 0.1) is 17.2 Å². The van der Waals surface area contributed by atoms with E-state index >= 15 is 0 Å². The van der Waals surface area contributed by atoms with Crippen LogP contribution in [0.25, 0.3) is 0 Å². The van der Waals surface area contributed by atoms with Crippen molar-refractivity contribution in [3.8, 4) is 6.07 Å². The molecule has 3 aliphatic rings. The van der Waals surface area contributed by atoms with E-state index in [2.05, 4.69) is 11.4 Å². The average Bonchev–Trinajstić information content (AvgIpc) is 1.88. The summed E-state index contributed by atoms with van der Waals surface area (Å²) in [5.74, 6) is 0.867. The van der Waals surface area contributed by atoms with Crippen LogP contribution in [0.4, 0.5) is 0 Å². The largest absolute Gasteiger partial charge is 0.299 e. The Kier molecular flexibility index (Phi) is 0.866. The van der Waals surface area contributed by atoms with Crippen LogP contribution >= 0.6 is 0 Å². The van der Waals surface area contributed by atoms with Crippen LogP contribution in [0.3, 0.4) is 0 Å². The van der Waals surface area contributed by atoms with Crippen LogP contribution in [0.15, 0.2) is 0 Å². The Morgan fingerprint density at radius 3 is 2.67 bits per heavy atom. The van der Waals surface area contributed by atoms with Gasteiger partial charge in [-0.05, 0) is 31.7 Å². The quantitative estimate of drug-likeness (QED) is 0.512. The van der Waals surface area contributed by atoms with Gasteiger partial charge in [0.1, 0.15) is 5.54 Å². The van der Waals surface area contributed by atoms with Gasteiger partial charge in [-0.3, -0.25) is 5.32 Å². The molecular formula is C7H10N2. The van der Waals surface area contributed by atoms with Gasteiger partial charge in [0.25, 0.3) is 0 Å². The predicted molar refractivity (Wildman–Crippen MR) is 33.7 cm³/mol. The molecule has 2 heterocycles. The summed E-state index contributed by atoms with van der Waals surface area (Å²) in [6.07, 6.45) is 3.48. The van der Waals surface area contributed by atoms with E-state index in [9.17, 15) is 0 Å². The standard InChI is InChI=1S/C7H10N2/c8-5-7-3-6(4-7)1-2-9-7/h6,9H,1-4H2. The monoisotopic (exact) mass is 122 g/mol. The maximum Gasteiger partial charge on any atom is 0.107 e. The smallest absolute Gasteiger partial charge is 0.107 e. The molecule has 48 valence electrons. The molecule has 2 heteroatoms. The topological polar surface area (TPSA) is 35.8 Å². The Morgan fingerprint density at radius 2 is 2.33 bits per heavy atom. The van der Waals surface area contributed by atoms with E-state index in [-0.39, 0.29) is 5.54 Å². The highest BCUT2D eigenvalue weighted by molar-refractivity contribution is 5.17. The van der Waals surface area contributed by atoms with Crippen molar-refractivity contribution in [1.29, 1.82) is 5.26 Å². The Bertz CT molecular complexity index is 157. The van der Waals surface area contributed by atoms with Gasteiger partial charge >= 0.3 is 0 Å². The van der Waals surface area contributed by atoms with Crippen molar-refractivity contribution in [2.75, 3.05) is 6.54 Å². The third kappa shape index (κ3) is 0.585. The van der Waals surface area contributed by atoms with Crippen molar-refractivity contribution >= 4 is 0 Å². The maximum atomic E-state index is 8.68.